The second kappa shape index (κ2) is 7.77. The molecule has 2 aliphatic heterocycles. The summed E-state index contributed by atoms with van der Waals surface area (Å²) in [5, 5.41) is 19.5. The van der Waals surface area contributed by atoms with Crippen LogP contribution in [0.5, 0.6) is 0 Å². The Morgan fingerprint density at radius 3 is 2.62 bits per heavy atom. The van der Waals surface area contributed by atoms with E-state index in [1.807, 2.05) is 24.3 Å². The predicted octanol–water partition coefficient (Wildman–Crippen LogP) is 5.14. The lowest BCUT2D eigenvalue weighted by atomic mass is 9.78. The molecule has 0 spiro atoms. The smallest absolute Gasteiger partial charge is 0.0763 e. The number of aliphatic hydroxyl groups excluding tert-OH is 1. The SMILES string of the molecule is O[C@H]([C@@H]1CCCCN1)[C@H]1C[C@@H](c2ccccc2)Nc2c(Cl)cc(Cl)cc21. The van der Waals surface area contributed by atoms with Crippen LogP contribution in [0, 0.1) is 0 Å². The fraction of sp³-hybridized carbons (Fsp3) is 0.429. The minimum absolute atomic E-state index is 0.0109. The number of hydrogen-bond donors (Lipinski definition) is 3. The Bertz CT molecular complexity index is 762. The first kappa shape index (κ1) is 18.1. The van der Waals surface area contributed by atoms with E-state index in [0.717, 1.165) is 37.1 Å². The van der Waals surface area contributed by atoms with Crippen molar-refractivity contribution in [3.63, 3.8) is 0 Å². The van der Waals surface area contributed by atoms with Crippen LogP contribution in [-0.4, -0.2) is 23.8 Å². The summed E-state index contributed by atoms with van der Waals surface area (Å²) in [6.45, 7) is 0.970. The molecule has 1 fully saturated rings. The molecular formula is C21H24Cl2N2O. The summed E-state index contributed by atoms with van der Waals surface area (Å²) < 4.78 is 0. The van der Waals surface area contributed by atoms with Crippen molar-refractivity contribution in [3.8, 4) is 0 Å². The zero-order valence-corrected chi connectivity index (χ0v) is 16.1. The second-order valence-corrected chi connectivity index (χ2v) is 8.19. The Morgan fingerprint density at radius 2 is 1.88 bits per heavy atom. The maximum absolute atomic E-state index is 11.2. The van der Waals surface area contributed by atoms with Crippen LogP contribution in [0.4, 0.5) is 5.69 Å². The van der Waals surface area contributed by atoms with Crippen LogP contribution >= 0.6 is 23.2 Å². The van der Waals surface area contributed by atoms with Gasteiger partial charge in [0.1, 0.15) is 0 Å². The number of aliphatic hydroxyl groups is 1. The quantitative estimate of drug-likeness (QED) is 0.679. The zero-order chi connectivity index (χ0) is 18.1. The molecule has 2 aromatic carbocycles. The minimum atomic E-state index is -0.461. The number of nitrogens with one attached hydrogen (secondary N) is 2. The number of benzene rings is 2. The lowest BCUT2D eigenvalue weighted by Crippen LogP contribution is -2.47. The molecule has 1 saturated heterocycles. The highest BCUT2D eigenvalue weighted by molar-refractivity contribution is 6.36. The first-order valence-electron chi connectivity index (χ1n) is 9.35. The Balaban J connectivity index is 1.71. The van der Waals surface area contributed by atoms with Gasteiger partial charge in [-0.1, -0.05) is 60.0 Å². The lowest BCUT2D eigenvalue weighted by molar-refractivity contribution is 0.0806. The van der Waals surface area contributed by atoms with E-state index < -0.39 is 6.10 Å². The maximum atomic E-state index is 11.2. The summed E-state index contributed by atoms with van der Waals surface area (Å²) in [6, 6.07) is 14.3. The summed E-state index contributed by atoms with van der Waals surface area (Å²) in [4.78, 5) is 0. The average molecular weight is 391 g/mol. The van der Waals surface area contributed by atoms with Crippen molar-refractivity contribution >= 4 is 28.9 Å². The van der Waals surface area contributed by atoms with Crippen molar-refractivity contribution < 1.29 is 5.11 Å². The molecule has 0 radical (unpaired) electrons. The van der Waals surface area contributed by atoms with Gasteiger partial charge in [0.25, 0.3) is 0 Å². The molecule has 4 rings (SSSR count). The van der Waals surface area contributed by atoms with Crippen molar-refractivity contribution in [1.29, 1.82) is 0 Å². The van der Waals surface area contributed by atoms with Crippen LogP contribution in [0.2, 0.25) is 10.0 Å². The standard InChI is InChI=1S/C21H24Cl2N2O/c22-14-10-15-16(21(26)18-8-4-5-9-24-18)12-19(13-6-2-1-3-7-13)25-20(15)17(23)11-14/h1-3,6-7,10-11,16,18-19,21,24-26H,4-5,8-9,12H2/t16-,18-,19-,21-/m0/s1. The van der Waals surface area contributed by atoms with Gasteiger partial charge in [0, 0.05) is 17.0 Å². The third kappa shape index (κ3) is 3.59. The minimum Gasteiger partial charge on any atom is -0.391 e. The molecule has 5 heteroatoms. The van der Waals surface area contributed by atoms with E-state index in [4.69, 9.17) is 23.2 Å². The molecule has 0 bridgehead atoms. The monoisotopic (exact) mass is 390 g/mol. The van der Waals surface area contributed by atoms with Gasteiger partial charge in [0.15, 0.2) is 0 Å². The maximum Gasteiger partial charge on any atom is 0.0763 e. The highest BCUT2D eigenvalue weighted by Gasteiger charge is 2.37. The van der Waals surface area contributed by atoms with Gasteiger partial charge >= 0.3 is 0 Å². The van der Waals surface area contributed by atoms with Gasteiger partial charge in [-0.05, 0) is 49.1 Å². The number of anilines is 1. The first-order valence-corrected chi connectivity index (χ1v) is 10.1. The molecule has 0 saturated carbocycles. The number of hydrogen-bond acceptors (Lipinski definition) is 3. The third-order valence-corrected chi connectivity index (χ3v) is 6.18. The summed E-state index contributed by atoms with van der Waals surface area (Å²) in [6.07, 6.45) is 3.69. The summed E-state index contributed by atoms with van der Waals surface area (Å²) in [5.41, 5.74) is 3.13. The lowest BCUT2D eigenvalue weighted by Gasteiger charge is -2.40. The van der Waals surface area contributed by atoms with Crippen LogP contribution in [0.3, 0.4) is 0 Å². The normalized spacial score (nSPS) is 26.7. The van der Waals surface area contributed by atoms with Gasteiger partial charge in [-0.3, -0.25) is 0 Å². The van der Waals surface area contributed by atoms with Gasteiger partial charge in [-0.25, -0.2) is 0 Å². The van der Waals surface area contributed by atoms with E-state index >= 15 is 0 Å². The highest BCUT2D eigenvalue weighted by atomic mass is 35.5. The van der Waals surface area contributed by atoms with Crippen molar-refractivity contribution in [2.75, 3.05) is 11.9 Å². The van der Waals surface area contributed by atoms with E-state index in [1.165, 1.54) is 12.0 Å². The Kier molecular flexibility index (Phi) is 5.42. The van der Waals surface area contributed by atoms with Gasteiger partial charge < -0.3 is 15.7 Å². The number of halogens is 2. The second-order valence-electron chi connectivity index (χ2n) is 7.35. The van der Waals surface area contributed by atoms with Gasteiger partial charge in [0.2, 0.25) is 0 Å². The van der Waals surface area contributed by atoms with Crippen LogP contribution in [-0.2, 0) is 0 Å². The van der Waals surface area contributed by atoms with Crippen molar-refractivity contribution in [1.82, 2.24) is 5.32 Å². The zero-order valence-electron chi connectivity index (χ0n) is 14.6. The number of fused-ring (bicyclic) bond motifs is 1. The van der Waals surface area contributed by atoms with E-state index in [2.05, 4.69) is 22.8 Å². The molecule has 0 unspecified atom stereocenters. The van der Waals surface area contributed by atoms with E-state index in [-0.39, 0.29) is 18.0 Å². The number of rotatable bonds is 3. The van der Waals surface area contributed by atoms with Crippen LogP contribution in [0.1, 0.15) is 48.8 Å². The summed E-state index contributed by atoms with van der Waals surface area (Å²) in [7, 11) is 0. The largest absolute Gasteiger partial charge is 0.391 e. The van der Waals surface area contributed by atoms with Crippen molar-refractivity contribution in [3.05, 3.63) is 63.6 Å². The number of piperidine rings is 1. The molecule has 4 atom stereocenters. The molecule has 0 aliphatic carbocycles. The van der Waals surface area contributed by atoms with Gasteiger partial charge in [-0.15, -0.1) is 0 Å². The average Bonchev–Trinajstić information content (AvgIpc) is 2.68. The Morgan fingerprint density at radius 1 is 1.08 bits per heavy atom. The molecule has 138 valence electrons. The molecule has 0 aromatic heterocycles. The summed E-state index contributed by atoms with van der Waals surface area (Å²) >= 11 is 12.8. The fourth-order valence-electron chi connectivity index (χ4n) is 4.33. The molecule has 2 aromatic rings. The predicted molar refractivity (Wildman–Crippen MR) is 108 cm³/mol. The molecule has 2 aliphatic rings. The van der Waals surface area contributed by atoms with Crippen LogP contribution in [0.15, 0.2) is 42.5 Å². The molecule has 26 heavy (non-hydrogen) atoms. The molecule has 2 heterocycles. The fourth-order valence-corrected chi connectivity index (χ4v) is 4.89. The third-order valence-electron chi connectivity index (χ3n) is 5.67. The molecule has 0 amide bonds. The molecule has 3 N–H and O–H groups in total. The summed E-state index contributed by atoms with van der Waals surface area (Å²) in [5.74, 6) is -0.0109. The molecule has 3 nitrogen and oxygen atoms in total. The van der Waals surface area contributed by atoms with E-state index in [9.17, 15) is 5.11 Å². The first-order chi connectivity index (χ1) is 12.6. The van der Waals surface area contributed by atoms with Gasteiger partial charge in [-0.2, -0.15) is 0 Å². The Labute approximate surface area is 164 Å². The van der Waals surface area contributed by atoms with Crippen molar-refractivity contribution in [2.45, 2.75) is 49.8 Å². The van der Waals surface area contributed by atoms with Crippen molar-refractivity contribution in [2.24, 2.45) is 0 Å². The Hall–Kier alpha value is -1.26. The van der Waals surface area contributed by atoms with Crippen LogP contribution in [0.25, 0.3) is 0 Å². The van der Waals surface area contributed by atoms with Gasteiger partial charge in [0.05, 0.1) is 22.9 Å². The van der Waals surface area contributed by atoms with E-state index in [0.29, 0.717) is 10.0 Å². The van der Waals surface area contributed by atoms with Crippen LogP contribution < -0.4 is 10.6 Å². The topological polar surface area (TPSA) is 44.3 Å². The van der Waals surface area contributed by atoms with E-state index in [1.54, 1.807) is 6.07 Å². The highest BCUT2D eigenvalue weighted by Crippen LogP contribution is 2.46. The molecular weight excluding hydrogens is 367 g/mol.